The maximum atomic E-state index is 11.8. The molecule has 32 heavy (non-hydrogen) atoms. The van der Waals surface area contributed by atoms with Crippen molar-refractivity contribution < 1.29 is 14.6 Å². The summed E-state index contributed by atoms with van der Waals surface area (Å²) >= 11 is 3.42. The minimum absolute atomic E-state index is 0.164. The van der Waals surface area contributed by atoms with Gasteiger partial charge in [-0.05, 0) is 78.3 Å². The van der Waals surface area contributed by atoms with Gasteiger partial charge >= 0.3 is 6.09 Å². The molecule has 7 nitrogen and oxygen atoms in total. The summed E-state index contributed by atoms with van der Waals surface area (Å²) in [5.74, 6) is 0.820. The summed E-state index contributed by atoms with van der Waals surface area (Å²) in [6, 6.07) is 18.1. The van der Waals surface area contributed by atoms with Crippen LogP contribution in [0.15, 0.2) is 71.5 Å². The Morgan fingerprint density at radius 3 is 2.53 bits per heavy atom. The molecule has 0 aliphatic carbocycles. The number of ether oxygens (including phenoxy) is 1. The Kier molecular flexibility index (Phi) is 6.23. The van der Waals surface area contributed by atoms with Crippen LogP contribution in [0.3, 0.4) is 0 Å². The second kappa shape index (κ2) is 9.23. The topological polar surface area (TPSA) is 100 Å². The van der Waals surface area contributed by atoms with E-state index in [0.29, 0.717) is 21.8 Å². The lowest BCUT2D eigenvalue weighted by molar-refractivity contribution is 0.130. The third-order valence-corrected chi connectivity index (χ3v) is 5.02. The maximum Gasteiger partial charge on any atom is 0.411 e. The molecule has 1 amide bonds. The minimum atomic E-state index is -0.498. The van der Waals surface area contributed by atoms with Crippen molar-refractivity contribution in [3.63, 3.8) is 0 Å². The molecule has 2 aromatic heterocycles. The lowest BCUT2D eigenvalue weighted by Gasteiger charge is -2.09. The summed E-state index contributed by atoms with van der Waals surface area (Å²) < 4.78 is 5.81. The second-order valence-corrected chi connectivity index (χ2v) is 8.20. The van der Waals surface area contributed by atoms with E-state index in [-0.39, 0.29) is 11.9 Å². The van der Waals surface area contributed by atoms with Gasteiger partial charge in [-0.2, -0.15) is 0 Å². The number of hydrogen-bond acceptors (Lipinski definition) is 5. The van der Waals surface area contributed by atoms with Gasteiger partial charge in [0, 0.05) is 28.6 Å². The number of aromatic hydroxyl groups is 1. The monoisotopic (exact) mass is 492 g/mol. The van der Waals surface area contributed by atoms with Gasteiger partial charge in [0.2, 0.25) is 0 Å². The molecule has 0 radical (unpaired) electrons. The highest BCUT2D eigenvalue weighted by atomic mass is 79.9. The molecule has 0 fully saturated rings. The van der Waals surface area contributed by atoms with Gasteiger partial charge in [0.05, 0.1) is 17.5 Å². The van der Waals surface area contributed by atoms with Crippen molar-refractivity contribution in [2.45, 2.75) is 20.0 Å². The SMILES string of the molecule is CC(C)OC(=O)Nc1ccc(-c2nc(-c3cccc(O)c3)c(-c3ccnc(Br)c3)[nH]2)cc1. The van der Waals surface area contributed by atoms with E-state index in [0.717, 1.165) is 22.4 Å². The molecule has 2 heterocycles. The van der Waals surface area contributed by atoms with Gasteiger partial charge in [-0.3, -0.25) is 5.32 Å². The van der Waals surface area contributed by atoms with Gasteiger partial charge in [-0.25, -0.2) is 14.8 Å². The van der Waals surface area contributed by atoms with Crippen LogP contribution in [-0.2, 0) is 4.74 Å². The number of nitrogens with zero attached hydrogens (tertiary/aromatic N) is 2. The number of rotatable bonds is 5. The van der Waals surface area contributed by atoms with Gasteiger partial charge in [-0.15, -0.1) is 0 Å². The van der Waals surface area contributed by atoms with E-state index in [1.54, 1.807) is 50.4 Å². The van der Waals surface area contributed by atoms with Crippen molar-refractivity contribution in [3.8, 4) is 39.7 Å². The average Bonchev–Trinajstić information content (AvgIpc) is 3.19. The lowest BCUT2D eigenvalue weighted by Crippen LogP contribution is -2.17. The predicted octanol–water partition coefficient (Wildman–Crippen LogP) is 6.23. The Hall–Kier alpha value is -3.65. The second-order valence-electron chi connectivity index (χ2n) is 7.38. The molecule has 0 saturated heterocycles. The molecule has 162 valence electrons. The largest absolute Gasteiger partial charge is 0.508 e. The van der Waals surface area contributed by atoms with E-state index >= 15 is 0 Å². The van der Waals surface area contributed by atoms with Crippen LogP contribution in [0.4, 0.5) is 10.5 Å². The number of halogens is 1. The van der Waals surface area contributed by atoms with Crippen LogP contribution < -0.4 is 5.32 Å². The van der Waals surface area contributed by atoms with Crippen molar-refractivity contribution in [2.24, 2.45) is 0 Å². The van der Waals surface area contributed by atoms with Crippen LogP contribution in [0.1, 0.15) is 13.8 Å². The van der Waals surface area contributed by atoms with E-state index < -0.39 is 6.09 Å². The maximum absolute atomic E-state index is 11.8. The number of carbonyl (C=O) groups excluding carboxylic acids is 1. The first-order chi connectivity index (χ1) is 15.4. The number of nitrogens with one attached hydrogen (secondary N) is 2. The molecule has 4 aromatic rings. The fourth-order valence-corrected chi connectivity index (χ4v) is 3.58. The Labute approximate surface area is 193 Å². The number of phenols is 1. The van der Waals surface area contributed by atoms with Gasteiger partial charge in [0.1, 0.15) is 16.2 Å². The average molecular weight is 493 g/mol. The molecule has 0 saturated carbocycles. The van der Waals surface area contributed by atoms with E-state index in [1.807, 2.05) is 30.3 Å². The molecule has 0 bridgehead atoms. The summed E-state index contributed by atoms with van der Waals surface area (Å²) in [4.78, 5) is 24.2. The van der Waals surface area contributed by atoms with Crippen LogP contribution in [0, 0.1) is 0 Å². The number of phenolic OH excluding ortho intramolecular Hbond substituents is 1. The highest BCUT2D eigenvalue weighted by Gasteiger charge is 2.16. The van der Waals surface area contributed by atoms with E-state index in [4.69, 9.17) is 9.72 Å². The summed E-state index contributed by atoms with van der Waals surface area (Å²) in [6.07, 6.45) is 1.02. The summed E-state index contributed by atoms with van der Waals surface area (Å²) in [5, 5.41) is 12.7. The summed E-state index contributed by atoms with van der Waals surface area (Å²) in [6.45, 7) is 3.59. The number of benzene rings is 2. The van der Waals surface area contributed by atoms with Crippen molar-refractivity contribution in [3.05, 3.63) is 71.5 Å². The number of anilines is 1. The normalized spacial score (nSPS) is 10.9. The van der Waals surface area contributed by atoms with Crippen LogP contribution in [0.2, 0.25) is 0 Å². The molecule has 3 N–H and O–H groups in total. The van der Waals surface area contributed by atoms with Crippen molar-refractivity contribution >= 4 is 27.7 Å². The highest BCUT2D eigenvalue weighted by Crippen LogP contribution is 2.35. The van der Waals surface area contributed by atoms with Crippen LogP contribution in [0.25, 0.3) is 33.9 Å². The number of carbonyl (C=O) groups is 1. The number of pyridine rings is 1. The first kappa shape index (κ1) is 21.6. The van der Waals surface area contributed by atoms with Gasteiger partial charge in [0.15, 0.2) is 0 Å². The first-order valence-corrected chi connectivity index (χ1v) is 10.8. The van der Waals surface area contributed by atoms with Gasteiger partial charge in [-0.1, -0.05) is 12.1 Å². The van der Waals surface area contributed by atoms with E-state index in [2.05, 4.69) is 31.2 Å². The van der Waals surface area contributed by atoms with Crippen molar-refractivity contribution in [2.75, 3.05) is 5.32 Å². The zero-order valence-corrected chi connectivity index (χ0v) is 19.1. The molecular formula is C24H21BrN4O3. The summed E-state index contributed by atoms with van der Waals surface area (Å²) in [5.41, 5.74) is 4.66. The van der Waals surface area contributed by atoms with E-state index in [1.165, 1.54) is 0 Å². The quantitative estimate of drug-likeness (QED) is 0.286. The minimum Gasteiger partial charge on any atom is -0.508 e. The molecule has 0 spiro atoms. The number of aromatic nitrogens is 3. The smallest absolute Gasteiger partial charge is 0.411 e. The van der Waals surface area contributed by atoms with Crippen LogP contribution >= 0.6 is 15.9 Å². The standard InChI is InChI=1S/C24H21BrN4O3/c1-14(2)32-24(31)27-18-8-6-15(7-9-18)23-28-21(16-4-3-5-19(30)12-16)22(29-23)17-10-11-26-20(25)13-17/h3-14,30H,1-2H3,(H,27,31)(H,28,29). The van der Waals surface area contributed by atoms with Crippen LogP contribution in [-0.4, -0.2) is 32.3 Å². The Bertz CT molecular complexity index is 1190. The molecular weight excluding hydrogens is 472 g/mol. The third kappa shape index (κ3) is 4.97. The Balaban J connectivity index is 1.71. The first-order valence-electron chi connectivity index (χ1n) is 9.98. The number of imidazole rings is 1. The summed E-state index contributed by atoms with van der Waals surface area (Å²) in [7, 11) is 0. The fourth-order valence-electron chi connectivity index (χ4n) is 3.21. The molecule has 4 rings (SSSR count). The molecule has 0 aliphatic heterocycles. The molecule has 0 unspecified atom stereocenters. The zero-order valence-electron chi connectivity index (χ0n) is 17.5. The lowest BCUT2D eigenvalue weighted by atomic mass is 10.1. The zero-order chi connectivity index (χ0) is 22.7. The predicted molar refractivity (Wildman–Crippen MR) is 127 cm³/mol. The number of hydrogen-bond donors (Lipinski definition) is 3. The fraction of sp³-hybridized carbons (Fsp3) is 0.125. The van der Waals surface area contributed by atoms with Crippen LogP contribution in [0.5, 0.6) is 5.75 Å². The van der Waals surface area contributed by atoms with Gasteiger partial charge in [0.25, 0.3) is 0 Å². The third-order valence-electron chi connectivity index (χ3n) is 4.59. The Morgan fingerprint density at radius 2 is 1.84 bits per heavy atom. The van der Waals surface area contributed by atoms with E-state index in [9.17, 15) is 9.90 Å². The Morgan fingerprint density at radius 1 is 1.06 bits per heavy atom. The molecule has 8 heteroatoms. The number of H-pyrrole nitrogens is 1. The molecule has 2 aromatic carbocycles. The number of amides is 1. The van der Waals surface area contributed by atoms with Gasteiger partial charge < -0.3 is 14.8 Å². The van der Waals surface area contributed by atoms with Crippen molar-refractivity contribution in [1.82, 2.24) is 15.0 Å². The van der Waals surface area contributed by atoms with Crippen molar-refractivity contribution in [1.29, 1.82) is 0 Å². The molecule has 0 atom stereocenters. The molecule has 0 aliphatic rings. The number of aromatic amines is 1. The highest BCUT2D eigenvalue weighted by molar-refractivity contribution is 9.10.